The fourth-order valence-corrected chi connectivity index (χ4v) is 0.421. The molecule has 9 heavy (non-hydrogen) atoms. The number of halogens is 1. The van der Waals surface area contributed by atoms with Crippen molar-refractivity contribution in [2.24, 2.45) is 0 Å². The molecular weight excluding hydrogens is 151 g/mol. The summed E-state index contributed by atoms with van der Waals surface area (Å²) in [5.41, 5.74) is 0. The Hall–Kier alpha value is -0.650. The normalized spacial score (nSPS) is 9.56. The van der Waals surface area contributed by atoms with Gasteiger partial charge in [0, 0.05) is 6.92 Å². The van der Waals surface area contributed by atoms with E-state index in [-0.39, 0.29) is 7.43 Å². The molecule has 0 N–H and O–H groups in total. The first-order valence-electron chi connectivity index (χ1n) is 1.56. The molecule has 6 heteroatoms. The Labute approximate surface area is 53.0 Å². The van der Waals surface area contributed by atoms with E-state index in [2.05, 4.69) is 4.18 Å². The fraction of sp³-hybridized carbons (Fsp3) is 0.667. The third-order valence-electron chi connectivity index (χ3n) is 0.217. The molecule has 0 atom stereocenters. The van der Waals surface area contributed by atoms with Crippen LogP contribution >= 0.6 is 0 Å². The molecule has 0 bridgehead atoms. The lowest BCUT2D eigenvalue weighted by molar-refractivity contribution is -0.131. The van der Waals surface area contributed by atoms with E-state index in [1.165, 1.54) is 0 Å². The molecule has 4 nitrogen and oxygen atoms in total. The van der Waals surface area contributed by atoms with Crippen molar-refractivity contribution in [3.8, 4) is 0 Å². The summed E-state index contributed by atoms with van der Waals surface area (Å²) in [6.45, 7) is 0.789. The van der Waals surface area contributed by atoms with Crippen LogP contribution in [0.15, 0.2) is 0 Å². The molecule has 0 saturated carbocycles. The Kier molecular flexibility index (Phi) is 4.21. The standard InChI is InChI=1S/C2H3FO4S.CH4/c1-2(4)7-8(3,5)6;/h1H3;1H4. The highest BCUT2D eigenvalue weighted by molar-refractivity contribution is 7.81. The summed E-state index contributed by atoms with van der Waals surface area (Å²) in [7, 11) is -5.07. The van der Waals surface area contributed by atoms with Crippen LogP contribution in [-0.4, -0.2) is 14.4 Å². The smallest absolute Gasteiger partial charge is 0.322 e. The van der Waals surface area contributed by atoms with Crippen LogP contribution in [0.1, 0.15) is 14.4 Å². The van der Waals surface area contributed by atoms with Gasteiger partial charge in [-0.05, 0) is 0 Å². The zero-order valence-electron chi connectivity index (χ0n) is 3.92. The topological polar surface area (TPSA) is 60.4 Å². The Morgan fingerprint density at radius 1 is 1.56 bits per heavy atom. The summed E-state index contributed by atoms with van der Waals surface area (Å²) in [5.74, 6) is -1.19. The number of hydrogen-bond acceptors (Lipinski definition) is 4. The molecule has 56 valence electrons. The molecule has 0 fully saturated rings. The minimum absolute atomic E-state index is 0. The van der Waals surface area contributed by atoms with Gasteiger partial charge in [0.05, 0.1) is 0 Å². The monoisotopic (exact) mass is 158 g/mol. The summed E-state index contributed by atoms with van der Waals surface area (Å²) >= 11 is 0. The average molecular weight is 158 g/mol. The van der Waals surface area contributed by atoms with E-state index >= 15 is 0 Å². The minimum atomic E-state index is -5.07. The SMILES string of the molecule is C.CC(=O)OS(=O)(=O)F. The number of hydrogen-bond donors (Lipinski definition) is 0. The van der Waals surface area contributed by atoms with Gasteiger partial charge < -0.3 is 4.18 Å². The van der Waals surface area contributed by atoms with Crippen molar-refractivity contribution in [3.63, 3.8) is 0 Å². The zero-order chi connectivity index (χ0) is 6.78. The first-order chi connectivity index (χ1) is 3.42. The lowest BCUT2D eigenvalue weighted by Crippen LogP contribution is -2.02. The lowest BCUT2D eigenvalue weighted by Gasteiger charge is -1.87. The molecule has 0 unspecified atom stereocenters. The van der Waals surface area contributed by atoms with Crippen LogP contribution in [0.3, 0.4) is 0 Å². The van der Waals surface area contributed by atoms with Crippen LogP contribution in [0.5, 0.6) is 0 Å². The van der Waals surface area contributed by atoms with Gasteiger partial charge in [-0.2, -0.15) is 8.42 Å². The average Bonchev–Trinajstić information content (AvgIpc) is 1.21. The summed E-state index contributed by atoms with van der Waals surface area (Å²) in [5, 5.41) is 0. The summed E-state index contributed by atoms with van der Waals surface area (Å²) in [4.78, 5) is 9.62. The van der Waals surface area contributed by atoms with Crippen molar-refractivity contribution in [1.29, 1.82) is 0 Å². The summed E-state index contributed by atoms with van der Waals surface area (Å²) < 4.78 is 32.9. The van der Waals surface area contributed by atoms with E-state index in [0.717, 1.165) is 6.92 Å². The highest BCUT2D eigenvalue weighted by Gasteiger charge is 2.09. The molecule has 0 aromatic heterocycles. The Morgan fingerprint density at radius 3 is 1.89 bits per heavy atom. The molecule has 0 heterocycles. The highest BCUT2D eigenvalue weighted by atomic mass is 32.3. The number of rotatable bonds is 1. The first-order valence-corrected chi connectivity index (χ1v) is 2.87. The molecule has 0 aromatic rings. The van der Waals surface area contributed by atoms with Gasteiger partial charge in [-0.3, -0.25) is 4.79 Å². The van der Waals surface area contributed by atoms with Crippen LogP contribution in [0.4, 0.5) is 3.89 Å². The van der Waals surface area contributed by atoms with Gasteiger partial charge in [-0.1, -0.05) is 11.3 Å². The largest absolute Gasteiger partial charge is 0.491 e. The minimum Gasteiger partial charge on any atom is -0.322 e. The van der Waals surface area contributed by atoms with Gasteiger partial charge in [0.2, 0.25) is 0 Å². The van der Waals surface area contributed by atoms with E-state index in [1.54, 1.807) is 0 Å². The fourth-order valence-electron chi connectivity index (χ4n) is 0.140. The molecule has 0 aromatic carbocycles. The van der Waals surface area contributed by atoms with E-state index in [9.17, 15) is 17.1 Å². The Morgan fingerprint density at radius 2 is 1.89 bits per heavy atom. The third kappa shape index (κ3) is 11.1. The number of carbonyl (C=O) groups excluding carboxylic acids is 1. The first kappa shape index (κ1) is 11.2. The van der Waals surface area contributed by atoms with Gasteiger partial charge in [-0.15, -0.1) is 0 Å². The molecule has 0 aliphatic rings. The summed E-state index contributed by atoms with van der Waals surface area (Å²) in [6.07, 6.45) is 0. The van der Waals surface area contributed by atoms with Gasteiger partial charge in [0.25, 0.3) is 0 Å². The second kappa shape index (κ2) is 3.39. The number of carbonyl (C=O) groups is 1. The second-order valence-electron chi connectivity index (χ2n) is 0.968. The van der Waals surface area contributed by atoms with Gasteiger partial charge >= 0.3 is 16.5 Å². The summed E-state index contributed by atoms with van der Waals surface area (Å²) in [6, 6.07) is 0. The van der Waals surface area contributed by atoms with Gasteiger partial charge in [0.15, 0.2) is 0 Å². The van der Waals surface area contributed by atoms with Gasteiger partial charge in [0.1, 0.15) is 0 Å². The van der Waals surface area contributed by atoms with Crippen molar-refractivity contribution in [2.45, 2.75) is 14.4 Å². The van der Waals surface area contributed by atoms with E-state index in [1.807, 2.05) is 0 Å². The molecule has 0 radical (unpaired) electrons. The van der Waals surface area contributed by atoms with Crippen LogP contribution < -0.4 is 0 Å². The predicted molar refractivity (Wildman–Crippen MR) is 28.5 cm³/mol. The van der Waals surface area contributed by atoms with Crippen LogP contribution in [0.2, 0.25) is 0 Å². The molecule has 0 aliphatic heterocycles. The van der Waals surface area contributed by atoms with Crippen molar-refractivity contribution >= 4 is 16.5 Å². The quantitative estimate of drug-likeness (QED) is 0.518. The van der Waals surface area contributed by atoms with Crippen LogP contribution in [0.25, 0.3) is 0 Å². The molecular formula is C3H7FO4S. The second-order valence-corrected chi connectivity index (χ2v) is 1.92. The van der Waals surface area contributed by atoms with Crippen molar-refractivity contribution < 1.29 is 21.3 Å². The van der Waals surface area contributed by atoms with Crippen LogP contribution in [0, 0.1) is 0 Å². The Balaban J connectivity index is 0. The maximum Gasteiger partial charge on any atom is 0.491 e. The molecule has 0 rings (SSSR count). The van der Waals surface area contributed by atoms with Crippen molar-refractivity contribution in [3.05, 3.63) is 0 Å². The molecule has 0 spiro atoms. The van der Waals surface area contributed by atoms with E-state index in [4.69, 9.17) is 0 Å². The Bertz CT molecular complexity index is 182. The molecule has 0 saturated heterocycles. The third-order valence-corrected chi connectivity index (χ3v) is 0.651. The molecule has 0 amide bonds. The van der Waals surface area contributed by atoms with Gasteiger partial charge in [-0.25, -0.2) is 0 Å². The maximum atomic E-state index is 11.2. The molecule has 0 aliphatic carbocycles. The van der Waals surface area contributed by atoms with E-state index in [0.29, 0.717) is 0 Å². The zero-order valence-corrected chi connectivity index (χ0v) is 4.74. The van der Waals surface area contributed by atoms with E-state index < -0.39 is 16.5 Å². The lowest BCUT2D eigenvalue weighted by atomic mass is 10.9. The highest BCUT2D eigenvalue weighted by Crippen LogP contribution is 1.91. The maximum absolute atomic E-state index is 11.2. The predicted octanol–water partition coefficient (Wildman–Crippen LogP) is 0.400. The van der Waals surface area contributed by atoms with Crippen molar-refractivity contribution in [2.75, 3.05) is 0 Å². The van der Waals surface area contributed by atoms with Crippen molar-refractivity contribution in [1.82, 2.24) is 0 Å². The van der Waals surface area contributed by atoms with Crippen LogP contribution in [-0.2, 0) is 19.5 Å².